The zero-order valence-electron chi connectivity index (χ0n) is 8.15. The molecule has 1 aromatic rings. The highest BCUT2D eigenvalue weighted by Crippen LogP contribution is 2.15. The van der Waals surface area contributed by atoms with Crippen LogP contribution in [0.2, 0.25) is 0 Å². The zero-order chi connectivity index (χ0) is 11.3. The van der Waals surface area contributed by atoms with E-state index in [4.69, 9.17) is 11.7 Å². The second-order valence-corrected chi connectivity index (χ2v) is 3.62. The number of hydrazine groups is 2. The van der Waals surface area contributed by atoms with E-state index in [1.54, 1.807) is 6.07 Å². The quantitative estimate of drug-likeness (QED) is 0.174. The Labute approximate surface area is 91.0 Å². The molecule has 15 heavy (non-hydrogen) atoms. The Hall–Kier alpha value is -1.38. The van der Waals surface area contributed by atoms with Gasteiger partial charge in [0.1, 0.15) is 5.82 Å². The van der Waals surface area contributed by atoms with E-state index in [-0.39, 0.29) is 11.7 Å². The van der Waals surface area contributed by atoms with Crippen molar-refractivity contribution in [2.75, 3.05) is 11.2 Å². The van der Waals surface area contributed by atoms with Crippen LogP contribution in [0.4, 0.5) is 5.82 Å². The maximum absolute atomic E-state index is 10.9. The molecule has 6 N–H and O–H groups in total. The van der Waals surface area contributed by atoms with Crippen molar-refractivity contribution in [1.29, 1.82) is 0 Å². The summed E-state index contributed by atoms with van der Waals surface area (Å²) in [5, 5.41) is 0.478. The lowest BCUT2D eigenvalue weighted by molar-refractivity contribution is -0.118. The number of thioether (sulfide) groups is 1. The number of aryl methyl sites for hydroxylation is 1. The summed E-state index contributed by atoms with van der Waals surface area (Å²) in [6.45, 7) is 1.82. The van der Waals surface area contributed by atoms with Crippen molar-refractivity contribution < 1.29 is 4.79 Å². The molecule has 0 aromatic carbocycles. The van der Waals surface area contributed by atoms with Gasteiger partial charge >= 0.3 is 0 Å². The number of carbonyl (C=O) groups is 1. The molecule has 1 heterocycles. The highest BCUT2D eigenvalue weighted by atomic mass is 32.2. The van der Waals surface area contributed by atoms with Crippen LogP contribution >= 0.6 is 11.8 Å². The van der Waals surface area contributed by atoms with Crippen molar-refractivity contribution in [3.63, 3.8) is 0 Å². The molecule has 0 aliphatic rings. The number of nitrogens with two attached hydrogens (primary N) is 2. The molecule has 0 aliphatic heterocycles. The predicted molar refractivity (Wildman–Crippen MR) is 57.6 cm³/mol. The molecule has 1 amide bonds. The molecule has 0 atom stereocenters. The number of aromatic nitrogens is 2. The third kappa shape index (κ3) is 3.70. The number of nitrogens with one attached hydrogen (secondary N) is 2. The van der Waals surface area contributed by atoms with Gasteiger partial charge in [-0.1, -0.05) is 11.8 Å². The summed E-state index contributed by atoms with van der Waals surface area (Å²) in [6, 6.07) is 1.70. The number of anilines is 1. The average molecular weight is 228 g/mol. The van der Waals surface area contributed by atoms with E-state index >= 15 is 0 Å². The molecule has 0 spiro atoms. The molecule has 0 bridgehead atoms. The Morgan fingerprint density at radius 2 is 2.27 bits per heavy atom. The lowest BCUT2D eigenvalue weighted by Crippen LogP contribution is -2.31. The molecule has 7 nitrogen and oxygen atoms in total. The standard InChI is InChI=1S/C7H12N6OS/c1-4-2-5(12-8)11-7(10-4)15-3-6(14)13-9/h2H,3,8-9H2,1H3,(H,13,14)(H,10,11,12). The molecule has 0 unspecified atom stereocenters. The number of rotatable bonds is 4. The van der Waals surface area contributed by atoms with Crippen LogP contribution in [0.25, 0.3) is 0 Å². The van der Waals surface area contributed by atoms with E-state index in [2.05, 4.69) is 15.4 Å². The van der Waals surface area contributed by atoms with E-state index in [1.807, 2.05) is 12.3 Å². The monoisotopic (exact) mass is 228 g/mol. The van der Waals surface area contributed by atoms with Crippen molar-refractivity contribution in [2.24, 2.45) is 11.7 Å². The highest BCUT2D eigenvalue weighted by Gasteiger charge is 2.05. The van der Waals surface area contributed by atoms with Gasteiger partial charge < -0.3 is 5.43 Å². The molecule has 1 aromatic heterocycles. The summed E-state index contributed by atoms with van der Waals surface area (Å²) < 4.78 is 0. The van der Waals surface area contributed by atoms with Crippen LogP contribution in [0.5, 0.6) is 0 Å². The second kappa shape index (κ2) is 5.49. The van der Waals surface area contributed by atoms with Crippen molar-refractivity contribution in [3.05, 3.63) is 11.8 Å². The van der Waals surface area contributed by atoms with Crippen molar-refractivity contribution in [3.8, 4) is 0 Å². The van der Waals surface area contributed by atoms with Crippen molar-refractivity contribution in [2.45, 2.75) is 12.1 Å². The van der Waals surface area contributed by atoms with Gasteiger partial charge in [0.05, 0.1) is 5.75 Å². The number of nitrogens with zero attached hydrogens (tertiary/aromatic N) is 2. The summed E-state index contributed by atoms with van der Waals surface area (Å²) >= 11 is 1.19. The van der Waals surface area contributed by atoms with E-state index in [0.717, 1.165) is 5.69 Å². The van der Waals surface area contributed by atoms with Crippen molar-refractivity contribution >= 4 is 23.5 Å². The van der Waals surface area contributed by atoms with Gasteiger partial charge in [-0.05, 0) is 6.92 Å². The van der Waals surface area contributed by atoms with Crippen LogP contribution in [0.3, 0.4) is 0 Å². The fourth-order valence-electron chi connectivity index (χ4n) is 0.852. The molecule has 8 heteroatoms. The first kappa shape index (κ1) is 11.7. The molecule has 0 aliphatic carbocycles. The van der Waals surface area contributed by atoms with E-state index in [9.17, 15) is 4.79 Å². The van der Waals surface area contributed by atoms with Gasteiger partial charge in [0, 0.05) is 11.8 Å². The first-order chi connectivity index (χ1) is 7.15. The lowest BCUT2D eigenvalue weighted by Gasteiger charge is -2.04. The lowest BCUT2D eigenvalue weighted by atomic mass is 10.4. The molecular formula is C7H12N6OS. The number of hydrogen-bond acceptors (Lipinski definition) is 7. The number of nitrogen functional groups attached to an aromatic ring is 1. The minimum absolute atomic E-state index is 0.171. The maximum Gasteiger partial charge on any atom is 0.244 e. The third-order valence-corrected chi connectivity index (χ3v) is 2.32. The molecule has 0 fully saturated rings. The Bertz CT molecular complexity index is 357. The number of amides is 1. The summed E-state index contributed by atoms with van der Waals surface area (Å²) in [7, 11) is 0. The largest absolute Gasteiger partial charge is 0.308 e. The Morgan fingerprint density at radius 3 is 2.87 bits per heavy atom. The summed E-state index contributed by atoms with van der Waals surface area (Å²) in [4.78, 5) is 19.0. The molecular weight excluding hydrogens is 216 g/mol. The van der Waals surface area contributed by atoms with E-state index in [0.29, 0.717) is 11.0 Å². The summed E-state index contributed by atoms with van der Waals surface area (Å²) in [5.74, 6) is 10.6. The maximum atomic E-state index is 10.9. The van der Waals surface area contributed by atoms with Gasteiger partial charge in [0.15, 0.2) is 5.16 Å². The van der Waals surface area contributed by atoms with Crippen LogP contribution < -0.4 is 22.5 Å². The smallest absolute Gasteiger partial charge is 0.244 e. The van der Waals surface area contributed by atoms with Crippen molar-refractivity contribution in [1.82, 2.24) is 15.4 Å². The molecule has 0 saturated carbocycles. The van der Waals surface area contributed by atoms with Crippen LogP contribution in [0.1, 0.15) is 5.69 Å². The predicted octanol–water partition coefficient (Wildman–Crippen LogP) is -0.847. The van der Waals surface area contributed by atoms with E-state index in [1.165, 1.54) is 11.8 Å². The minimum atomic E-state index is -0.285. The topological polar surface area (TPSA) is 119 Å². The van der Waals surface area contributed by atoms with Gasteiger partial charge in [-0.15, -0.1) is 0 Å². The first-order valence-corrected chi connectivity index (χ1v) is 5.09. The molecule has 1 rings (SSSR count). The van der Waals surface area contributed by atoms with Gasteiger partial charge in [-0.3, -0.25) is 10.2 Å². The van der Waals surface area contributed by atoms with Gasteiger partial charge in [-0.25, -0.2) is 21.7 Å². The first-order valence-electron chi connectivity index (χ1n) is 4.10. The molecule has 0 saturated heterocycles. The van der Waals surface area contributed by atoms with Gasteiger partial charge in [-0.2, -0.15) is 0 Å². The number of carbonyl (C=O) groups excluding carboxylic acids is 1. The third-order valence-electron chi connectivity index (χ3n) is 1.47. The van der Waals surface area contributed by atoms with Crippen LogP contribution in [-0.2, 0) is 4.79 Å². The Balaban J connectivity index is 2.68. The van der Waals surface area contributed by atoms with Gasteiger partial charge in [0.25, 0.3) is 0 Å². The minimum Gasteiger partial charge on any atom is -0.308 e. The highest BCUT2D eigenvalue weighted by molar-refractivity contribution is 7.99. The average Bonchev–Trinajstić information content (AvgIpc) is 2.25. The molecule has 0 radical (unpaired) electrons. The fraction of sp³-hybridized carbons (Fsp3) is 0.286. The molecule has 82 valence electrons. The second-order valence-electron chi connectivity index (χ2n) is 2.68. The van der Waals surface area contributed by atoms with Crippen LogP contribution in [0.15, 0.2) is 11.2 Å². The van der Waals surface area contributed by atoms with Crippen LogP contribution in [0, 0.1) is 6.92 Å². The van der Waals surface area contributed by atoms with Gasteiger partial charge in [0.2, 0.25) is 5.91 Å². The fourth-order valence-corrected chi connectivity index (χ4v) is 1.57. The summed E-state index contributed by atoms with van der Waals surface area (Å²) in [5.41, 5.74) is 5.21. The summed E-state index contributed by atoms with van der Waals surface area (Å²) in [6.07, 6.45) is 0. The Morgan fingerprint density at radius 1 is 1.53 bits per heavy atom. The Kier molecular flexibility index (Phi) is 4.28. The SMILES string of the molecule is Cc1cc(NN)nc(SCC(=O)NN)n1. The van der Waals surface area contributed by atoms with E-state index < -0.39 is 0 Å². The van der Waals surface area contributed by atoms with Crippen LogP contribution in [-0.4, -0.2) is 21.6 Å². The normalized spacial score (nSPS) is 9.80. The zero-order valence-corrected chi connectivity index (χ0v) is 8.97. The number of hydrogen-bond donors (Lipinski definition) is 4.